The van der Waals surface area contributed by atoms with E-state index < -0.39 is 11.6 Å². The highest BCUT2D eigenvalue weighted by atomic mass is 19.1. The van der Waals surface area contributed by atoms with Gasteiger partial charge in [-0.15, -0.1) is 10.2 Å². The van der Waals surface area contributed by atoms with Crippen LogP contribution in [0, 0.1) is 17.5 Å². The normalized spacial score (nSPS) is 16.1. The minimum atomic E-state index is -0.715. The molecule has 4 aromatic rings. The third-order valence-corrected chi connectivity index (χ3v) is 6.39. The number of hydrogen-bond acceptors (Lipinski definition) is 4. The second kappa shape index (κ2) is 9.37. The average Bonchev–Trinajstić information content (AvgIpc) is 2.86. The van der Waals surface area contributed by atoms with Crippen molar-refractivity contribution in [2.24, 2.45) is 0 Å². The highest BCUT2D eigenvalue weighted by molar-refractivity contribution is 6.00. The standard InChI is InChI=1S/C27H23F3N4O/c1-17-16-33(25(35)14-19-8-11-21(29)15-24(19)30)12-13-34(17)27-23-5-3-2-4-22(23)26(31-32-27)18-6-9-20(28)10-7-18/h2-11,15,17H,12-14,16H2,1H3/t17-/m1/s1. The van der Waals surface area contributed by atoms with Crippen molar-refractivity contribution < 1.29 is 18.0 Å². The summed E-state index contributed by atoms with van der Waals surface area (Å²) in [5.41, 5.74) is 1.63. The van der Waals surface area contributed by atoms with E-state index in [4.69, 9.17) is 0 Å². The Morgan fingerprint density at radius 3 is 2.34 bits per heavy atom. The minimum Gasteiger partial charge on any atom is -0.348 e. The molecular formula is C27H23F3N4O. The third kappa shape index (κ3) is 4.56. The summed E-state index contributed by atoms with van der Waals surface area (Å²) in [6.07, 6.45) is -0.117. The van der Waals surface area contributed by atoms with Crippen LogP contribution in [0.15, 0.2) is 66.7 Å². The minimum absolute atomic E-state index is 0.0554. The Bertz CT molecular complexity index is 1390. The lowest BCUT2D eigenvalue weighted by atomic mass is 10.0. The summed E-state index contributed by atoms with van der Waals surface area (Å²) in [5.74, 6) is -1.18. The molecule has 0 radical (unpaired) electrons. The number of piperazine rings is 1. The van der Waals surface area contributed by atoms with Crippen LogP contribution in [-0.2, 0) is 11.2 Å². The van der Waals surface area contributed by atoms with Crippen molar-refractivity contribution in [1.82, 2.24) is 15.1 Å². The molecule has 1 aliphatic heterocycles. The van der Waals surface area contributed by atoms with Crippen molar-refractivity contribution >= 4 is 22.5 Å². The van der Waals surface area contributed by atoms with Crippen LogP contribution >= 0.6 is 0 Å². The second-order valence-electron chi connectivity index (χ2n) is 8.72. The van der Waals surface area contributed by atoms with Gasteiger partial charge in [0.2, 0.25) is 5.91 Å². The summed E-state index contributed by atoms with van der Waals surface area (Å²) in [6.45, 7) is 3.43. The van der Waals surface area contributed by atoms with Crippen molar-refractivity contribution in [1.29, 1.82) is 0 Å². The average molecular weight is 477 g/mol. The molecule has 35 heavy (non-hydrogen) atoms. The first kappa shape index (κ1) is 22.8. The summed E-state index contributed by atoms with van der Waals surface area (Å²) in [5, 5.41) is 10.8. The van der Waals surface area contributed by atoms with E-state index in [1.165, 1.54) is 18.2 Å². The van der Waals surface area contributed by atoms with E-state index in [1.54, 1.807) is 17.0 Å². The van der Waals surface area contributed by atoms with Crippen LogP contribution in [0.4, 0.5) is 19.0 Å². The molecule has 2 heterocycles. The van der Waals surface area contributed by atoms with Gasteiger partial charge in [-0.2, -0.15) is 0 Å². The van der Waals surface area contributed by atoms with Crippen LogP contribution in [0.5, 0.6) is 0 Å². The summed E-state index contributed by atoms with van der Waals surface area (Å²) < 4.78 is 40.6. The second-order valence-corrected chi connectivity index (χ2v) is 8.72. The van der Waals surface area contributed by atoms with Gasteiger partial charge in [-0.05, 0) is 42.8 Å². The van der Waals surface area contributed by atoms with Crippen molar-refractivity contribution in [3.8, 4) is 11.3 Å². The Balaban J connectivity index is 1.37. The highest BCUT2D eigenvalue weighted by Crippen LogP contribution is 2.33. The third-order valence-electron chi connectivity index (χ3n) is 6.39. The number of aromatic nitrogens is 2. The summed E-state index contributed by atoms with van der Waals surface area (Å²) in [4.78, 5) is 16.6. The molecule has 1 fully saturated rings. The van der Waals surface area contributed by atoms with E-state index in [0.29, 0.717) is 25.3 Å². The molecule has 5 nitrogen and oxygen atoms in total. The number of fused-ring (bicyclic) bond motifs is 1. The van der Waals surface area contributed by atoms with E-state index >= 15 is 0 Å². The number of hydrogen-bond donors (Lipinski definition) is 0. The molecule has 0 spiro atoms. The molecular weight excluding hydrogens is 453 g/mol. The first-order chi connectivity index (χ1) is 16.9. The molecule has 0 unspecified atom stereocenters. The van der Waals surface area contributed by atoms with E-state index in [1.807, 2.05) is 31.2 Å². The molecule has 1 saturated heterocycles. The Morgan fingerprint density at radius 2 is 1.63 bits per heavy atom. The maximum atomic E-state index is 14.0. The number of nitrogens with zero attached hydrogens (tertiary/aromatic N) is 4. The molecule has 1 aliphatic rings. The summed E-state index contributed by atoms with van der Waals surface area (Å²) >= 11 is 0. The number of anilines is 1. The van der Waals surface area contributed by atoms with E-state index in [-0.39, 0.29) is 29.8 Å². The molecule has 1 atom stereocenters. The van der Waals surface area contributed by atoms with E-state index in [0.717, 1.165) is 34.3 Å². The predicted molar refractivity (Wildman–Crippen MR) is 128 cm³/mol. The molecule has 8 heteroatoms. The number of carbonyl (C=O) groups excluding carboxylic acids is 1. The molecule has 5 rings (SSSR count). The van der Waals surface area contributed by atoms with Crippen molar-refractivity contribution in [2.75, 3.05) is 24.5 Å². The van der Waals surface area contributed by atoms with Crippen LogP contribution in [0.3, 0.4) is 0 Å². The number of benzene rings is 3. The Kier molecular flexibility index (Phi) is 6.11. The Labute approximate surface area is 200 Å². The van der Waals surface area contributed by atoms with Crippen molar-refractivity contribution in [3.05, 3.63) is 89.7 Å². The topological polar surface area (TPSA) is 49.3 Å². The van der Waals surface area contributed by atoms with Crippen LogP contribution in [0.2, 0.25) is 0 Å². The largest absolute Gasteiger partial charge is 0.348 e. The van der Waals surface area contributed by atoms with Gasteiger partial charge in [0, 0.05) is 48.1 Å². The van der Waals surface area contributed by atoms with Crippen LogP contribution < -0.4 is 4.90 Å². The van der Waals surface area contributed by atoms with E-state index in [9.17, 15) is 18.0 Å². The van der Waals surface area contributed by atoms with Gasteiger partial charge >= 0.3 is 0 Å². The fourth-order valence-electron chi connectivity index (χ4n) is 4.56. The number of rotatable bonds is 4. The number of amides is 1. The van der Waals surface area contributed by atoms with Crippen LogP contribution in [0.25, 0.3) is 22.0 Å². The van der Waals surface area contributed by atoms with Gasteiger partial charge in [0.25, 0.3) is 0 Å². The van der Waals surface area contributed by atoms with E-state index in [2.05, 4.69) is 15.1 Å². The highest BCUT2D eigenvalue weighted by Gasteiger charge is 2.29. The first-order valence-electron chi connectivity index (χ1n) is 11.4. The fourth-order valence-corrected chi connectivity index (χ4v) is 4.56. The maximum Gasteiger partial charge on any atom is 0.227 e. The number of halogens is 3. The molecule has 0 bridgehead atoms. The Hall–Kier alpha value is -3.94. The molecule has 1 amide bonds. The SMILES string of the molecule is C[C@@H]1CN(C(=O)Cc2ccc(F)cc2F)CCN1c1nnc(-c2ccc(F)cc2)c2ccccc12. The quantitative estimate of drug-likeness (QED) is 0.416. The first-order valence-corrected chi connectivity index (χ1v) is 11.4. The van der Waals surface area contributed by atoms with Crippen LogP contribution in [0.1, 0.15) is 12.5 Å². The lowest BCUT2D eigenvalue weighted by molar-refractivity contribution is -0.131. The van der Waals surface area contributed by atoms with Gasteiger partial charge in [-0.1, -0.05) is 30.3 Å². The monoisotopic (exact) mass is 476 g/mol. The molecule has 0 saturated carbocycles. The zero-order valence-electron chi connectivity index (χ0n) is 19.1. The predicted octanol–water partition coefficient (Wildman–Crippen LogP) is 4.99. The van der Waals surface area contributed by atoms with Gasteiger partial charge in [0.1, 0.15) is 23.1 Å². The van der Waals surface area contributed by atoms with Gasteiger partial charge < -0.3 is 9.80 Å². The molecule has 0 N–H and O–H groups in total. The smallest absolute Gasteiger partial charge is 0.227 e. The van der Waals surface area contributed by atoms with Gasteiger partial charge in [-0.25, -0.2) is 13.2 Å². The molecule has 178 valence electrons. The molecule has 0 aliphatic carbocycles. The molecule has 3 aromatic carbocycles. The number of carbonyl (C=O) groups is 1. The fraction of sp³-hybridized carbons (Fsp3) is 0.222. The van der Waals surface area contributed by atoms with Gasteiger partial charge in [0.15, 0.2) is 5.82 Å². The zero-order chi connectivity index (χ0) is 24.5. The van der Waals surface area contributed by atoms with Crippen LogP contribution in [-0.4, -0.2) is 46.7 Å². The lowest BCUT2D eigenvalue weighted by Crippen LogP contribution is -2.54. The Morgan fingerprint density at radius 1 is 0.914 bits per heavy atom. The zero-order valence-corrected chi connectivity index (χ0v) is 19.1. The summed E-state index contributed by atoms with van der Waals surface area (Å²) in [7, 11) is 0. The maximum absolute atomic E-state index is 14.0. The van der Waals surface area contributed by atoms with Gasteiger partial charge in [-0.3, -0.25) is 4.79 Å². The summed E-state index contributed by atoms with van der Waals surface area (Å²) in [6, 6.07) is 17.2. The molecule has 1 aromatic heterocycles. The van der Waals surface area contributed by atoms with Gasteiger partial charge in [0.05, 0.1) is 6.42 Å². The lowest BCUT2D eigenvalue weighted by Gasteiger charge is -2.40. The van der Waals surface area contributed by atoms with Crippen molar-refractivity contribution in [2.45, 2.75) is 19.4 Å². The van der Waals surface area contributed by atoms with Crippen molar-refractivity contribution in [3.63, 3.8) is 0 Å².